The fraction of sp³-hybridized carbons (Fsp3) is 0.200. The summed E-state index contributed by atoms with van der Waals surface area (Å²) in [5, 5.41) is 1.55. The van der Waals surface area contributed by atoms with Gasteiger partial charge < -0.3 is 4.90 Å². The van der Waals surface area contributed by atoms with Crippen LogP contribution in [0.1, 0.15) is 5.56 Å². The number of anilines is 2. The van der Waals surface area contributed by atoms with E-state index in [0.717, 1.165) is 5.39 Å². The topological polar surface area (TPSA) is 113 Å². The van der Waals surface area contributed by atoms with E-state index < -0.39 is 20.0 Å². The molecule has 9 nitrogen and oxygen atoms in total. The zero-order valence-corrected chi connectivity index (χ0v) is 21.2. The highest BCUT2D eigenvalue weighted by molar-refractivity contribution is 7.92. The first-order valence-corrected chi connectivity index (χ1v) is 14.3. The van der Waals surface area contributed by atoms with Crippen molar-refractivity contribution in [2.24, 2.45) is 0 Å². The minimum absolute atomic E-state index is 0.103. The second kappa shape index (κ2) is 9.49. The van der Waals surface area contributed by atoms with Crippen LogP contribution in [0, 0.1) is 6.92 Å². The van der Waals surface area contributed by atoms with Gasteiger partial charge >= 0.3 is 0 Å². The van der Waals surface area contributed by atoms with E-state index in [-0.39, 0.29) is 28.7 Å². The van der Waals surface area contributed by atoms with Crippen LogP contribution in [-0.2, 0) is 20.0 Å². The van der Waals surface area contributed by atoms with Gasteiger partial charge in [-0.15, -0.1) is 0 Å². The van der Waals surface area contributed by atoms with Gasteiger partial charge in [-0.1, -0.05) is 54.6 Å². The van der Waals surface area contributed by atoms with Crippen LogP contribution in [0.2, 0.25) is 0 Å². The summed E-state index contributed by atoms with van der Waals surface area (Å²) < 4.78 is 57.0. The lowest BCUT2D eigenvalue weighted by molar-refractivity contribution is 0.384. The largest absolute Gasteiger partial charge is 0.351 e. The molecule has 5 rings (SSSR count). The fourth-order valence-corrected chi connectivity index (χ4v) is 7.27. The van der Waals surface area contributed by atoms with Crippen LogP contribution < -0.4 is 9.62 Å². The Morgan fingerprint density at radius 1 is 0.750 bits per heavy atom. The lowest BCUT2D eigenvalue weighted by Gasteiger charge is -2.35. The molecule has 1 saturated heterocycles. The van der Waals surface area contributed by atoms with Gasteiger partial charge in [-0.25, -0.2) is 26.8 Å². The van der Waals surface area contributed by atoms with E-state index in [1.165, 1.54) is 22.8 Å². The van der Waals surface area contributed by atoms with Crippen LogP contribution in [0.4, 0.5) is 11.6 Å². The van der Waals surface area contributed by atoms with Crippen molar-refractivity contribution in [1.29, 1.82) is 0 Å². The molecule has 1 aromatic heterocycles. The van der Waals surface area contributed by atoms with Crippen molar-refractivity contribution >= 4 is 42.5 Å². The van der Waals surface area contributed by atoms with E-state index in [0.29, 0.717) is 29.9 Å². The zero-order valence-electron chi connectivity index (χ0n) is 19.6. The zero-order chi connectivity index (χ0) is 25.3. The van der Waals surface area contributed by atoms with E-state index >= 15 is 0 Å². The lowest BCUT2D eigenvalue weighted by atomic mass is 10.1. The molecular weight excluding hydrogens is 498 g/mol. The molecule has 0 bridgehead atoms. The molecule has 0 radical (unpaired) electrons. The molecule has 1 aliphatic rings. The molecule has 0 atom stereocenters. The maximum absolute atomic E-state index is 13.5. The van der Waals surface area contributed by atoms with Crippen molar-refractivity contribution in [3.8, 4) is 0 Å². The number of sulfonamides is 2. The number of aryl methyl sites for hydroxylation is 1. The summed E-state index contributed by atoms with van der Waals surface area (Å²) in [6, 6.07) is 19.4. The van der Waals surface area contributed by atoms with Gasteiger partial charge in [0.2, 0.25) is 10.0 Å². The number of hydrogen-bond acceptors (Lipinski definition) is 7. The first-order valence-electron chi connectivity index (χ1n) is 11.4. The van der Waals surface area contributed by atoms with E-state index in [2.05, 4.69) is 14.7 Å². The number of rotatable bonds is 6. The fourth-order valence-electron chi connectivity index (χ4n) is 4.37. The van der Waals surface area contributed by atoms with Crippen molar-refractivity contribution in [2.75, 3.05) is 35.8 Å². The molecule has 36 heavy (non-hydrogen) atoms. The van der Waals surface area contributed by atoms with E-state index in [9.17, 15) is 16.8 Å². The first kappa shape index (κ1) is 24.2. The monoisotopic (exact) mass is 523 g/mol. The van der Waals surface area contributed by atoms with Gasteiger partial charge in [0.05, 0.1) is 9.79 Å². The van der Waals surface area contributed by atoms with Gasteiger partial charge in [-0.3, -0.25) is 4.72 Å². The van der Waals surface area contributed by atoms with Crippen LogP contribution in [0.3, 0.4) is 0 Å². The van der Waals surface area contributed by atoms with Crippen molar-refractivity contribution in [3.05, 3.63) is 84.7 Å². The average Bonchev–Trinajstić information content (AvgIpc) is 2.88. The highest BCUT2D eigenvalue weighted by atomic mass is 32.2. The summed E-state index contributed by atoms with van der Waals surface area (Å²) in [4.78, 5) is 10.9. The molecule has 0 spiro atoms. The van der Waals surface area contributed by atoms with E-state index in [1.54, 1.807) is 37.3 Å². The Morgan fingerprint density at radius 3 is 2.17 bits per heavy atom. The summed E-state index contributed by atoms with van der Waals surface area (Å²) in [7, 11) is -7.60. The molecule has 1 N–H and O–H groups in total. The Balaban J connectivity index is 1.37. The van der Waals surface area contributed by atoms with E-state index in [1.807, 2.05) is 35.2 Å². The van der Waals surface area contributed by atoms with Gasteiger partial charge in [-0.05, 0) is 30.0 Å². The average molecular weight is 524 g/mol. The highest BCUT2D eigenvalue weighted by Crippen LogP contribution is 2.29. The Morgan fingerprint density at radius 2 is 1.39 bits per heavy atom. The molecule has 1 aliphatic heterocycles. The highest BCUT2D eigenvalue weighted by Gasteiger charge is 2.31. The number of fused-ring (bicyclic) bond motifs is 1. The standard InChI is InChI=1S/C25H25N5O4S2/c1-19-7-2-5-11-22(19)35(31,32)28-24-25(27-14-13-26-24)29-15-17-30(18-16-29)36(33,34)23-12-6-9-20-8-3-4-10-21(20)23/h2-14H,15-18H2,1H3,(H,26,28). The third-order valence-corrected chi connectivity index (χ3v) is 9.65. The van der Waals surface area contributed by atoms with Crippen LogP contribution in [0.15, 0.2) is 88.9 Å². The number of aromatic nitrogens is 2. The Hall–Kier alpha value is -3.54. The number of nitrogens with one attached hydrogen (secondary N) is 1. The van der Waals surface area contributed by atoms with Crippen molar-refractivity contribution < 1.29 is 16.8 Å². The molecule has 0 unspecified atom stereocenters. The molecule has 1 fully saturated rings. The van der Waals surface area contributed by atoms with Crippen LogP contribution in [-0.4, -0.2) is 57.3 Å². The number of benzene rings is 3. The summed E-state index contributed by atoms with van der Waals surface area (Å²) in [6.07, 6.45) is 2.90. The maximum Gasteiger partial charge on any atom is 0.263 e. The molecule has 3 aromatic carbocycles. The Labute approximate surface area is 210 Å². The summed E-state index contributed by atoms with van der Waals surface area (Å²) in [6.45, 7) is 2.85. The molecule has 0 amide bonds. The normalized spacial score (nSPS) is 15.2. The van der Waals surface area contributed by atoms with Crippen molar-refractivity contribution in [1.82, 2.24) is 14.3 Å². The molecule has 0 saturated carbocycles. The van der Waals surface area contributed by atoms with Gasteiger partial charge in [0.1, 0.15) is 0 Å². The molecule has 4 aromatic rings. The van der Waals surface area contributed by atoms with Crippen LogP contribution >= 0.6 is 0 Å². The van der Waals surface area contributed by atoms with Gasteiger partial charge in [0.25, 0.3) is 10.0 Å². The third-order valence-electron chi connectivity index (χ3n) is 6.20. The Kier molecular flexibility index (Phi) is 6.37. The van der Waals surface area contributed by atoms with Crippen molar-refractivity contribution in [3.63, 3.8) is 0 Å². The van der Waals surface area contributed by atoms with Crippen molar-refractivity contribution in [2.45, 2.75) is 16.7 Å². The lowest BCUT2D eigenvalue weighted by Crippen LogP contribution is -2.49. The quantitative estimate of drug-likeness (QED) is 0.413. The third kappa shape index (κ3) is 4.52. The van der Waals surface area contributed by atoms with Gasteiger partial charge in [0.15, 0.2) is 11.6 Å². The molecule has 11 heteroatoms. The summed E-state index contributed by atoms with van der Waals surface area (Å²) in [5.74, 6) is 0.461. The van der Waals surface area contributed by atoms with Gasteiger partial charge in [0, 0.05) is 44.0 Å². The number of nitrogens with zero attached hydrogens (tertiary/aromatic N) is 4. The predicted molar refractivity (Wildman–Crippen MR) is 139 cm³/mol. The molecule has 2 heterocycles. The predicted octanol–water partition coefficient (Wildman–Crippen LogP) is 3.25. The van der Waals surface area contributed by atoms with Gasteiger partial charge in [-0.2, -0.15) is 4.31 Å². The summed E-state index contributed by atoms with van der Waals surface area (Å²) >= 11 is 0. The second-order valence-corrected chi connectivity index (χ2v) is 12.0. The number of hydrogen-bond donors (Lipinski definition) is 1. The molecule has 186 valence electrons. The smallest absolute Gasteiger partial charge is 0.263 e. The SMILES string of the molecule is Cc1ccccc1S(=O)(=O)Nc1nccnc1N1CCN(S(=O)(=O)c2cccc3ccccc23)CC1. The maximum atomic E-state index is 13.5. The van der Waals surface area contributed by atoms with E-state index in [4.69, 9.17) is 0 Å². The first-order chi connectivity index (χ1) is 17.3. The minimum atomic E-state index is -3.88. The molecule has 0 aliphatic carbocycles. The van der Waals surface area contributed by atoms with Crippen LogP contribution in [0.25, 0.3) is 10.8 Å². The van der Waals surface area contributed by atoms with Crippen LogP contribution in [0.5, 0.6) is 0 Å². The minimum Gasteiger partial charge on any atom is -0.351 e. The second-order valence-electron chi connectivity index (χ2n) is 8.47. The molecular formula is C25H25N5O4S2. The Bertz CT molecular complexity index is 1630. The number of piperazine rings is 1. The summed E-state index contributed by atoms with van der Waals surface area (Å²) in [5.41, 5.74) is 0.614.